The van der Waals surface area contributed by atoms with E-state index < -0.39 is 6.36 Å². The number of rotatable bonds is 3. The van der Waals surface area contributed by atoms with Gasteiger partial charge in [0.1, 0.15) is 5.75 Å². The van der Waals surface area contributed by atoms with Crippen molar-refractivity contribution in [3.05, 3.63) is 41.5 Å². The van der Waals surface area contributed by atoms with Gasteiger partial charge in [0, 0.05) is 13.1 Å². The molecule has 6 nitrogen and oxygen atoms in total. The Kier molecular flexibility index (Phi) is 5.32. The number of guanidine groups is 2. The second-order valence-electron chi connectivity index (χ2n) is 5.27. The van der Waals surface area contributed by atoms with Gasteiger partial charge < -0.3 is 21.1 Å². The summed E-state index contributed by atoms with van der Waals surface area (Å²) in [6.07, 6.45) is -2.67. The SMILES string of the molecule is CC1=CCN(/C(N)=N/C(N)=NCc2ccc(OC(F)(F)F)cc2)C1. The Labute approximate surface area is 137 Å². The molecule has 0 spiro atoms. The van der Waals surface area contributed by atoms with Crippen molar-refractivity contribution in [2.45, 2.75) is 19.8 Å². The molecule has 2 rings (SSSR count). The zero-order chi connectivity index (χ0) is 17.7. The first kappa shape index (κ1) is 17.6. The Balaban J connectivity index is 1.92. The number of halogens is 3. The first-order valence-electron chi connectivity index (χ1n) is 7.12. The fraction of sp³-hybridized carbons (Fsp3) is 0.333. The van der Waals surface area contributed by atoms with Crippen LogP contribution >= 0.6 is 0 Å². The molecule has 9 heteroatoms. The van der Waals surface area contributed by atoms with Crippen LogP contribution in [0.4, 0.5) is 13.2 Å². The molecule has 0 aliphatic carbocycles. The molecule has 0 atom stereocenters. The van der Waals surface area contributed by atoms with Gasteiger partial charge in [0.2, 0.25) is 5.96 Å². The van der Waals surface area contributed by atoms with Crippen LogP contribution in [0.3, 0.4) is 0 Å². The Morgan fingerprint density at radius 3 is 2.46 bits per heavy atom. The van der Waals surface area contributed by atoms with Gasteiger partial charge in [0.25, 0.3) is 0 Å². The molecule has 130 valence electrons. The van der Waals surface area contributed by atoms with E-state index >= 15 is 0 Å². The second-order valence-corrected chi connectivity index (χ2v) is 5.27. The van der Waals surface area contributed by atoms with Gasteiger partial charge in [0.15, 0.2) is 5.96 Å². The lowest BCUT2D eigenvalue weighted by Gasteiger charge is -2.16. The average Bonchev–Trinajstić information content (AvgIpc) is 2.92. The highest BCUT2D eigenvalue weighted by molar-refractivity contribution is 5.93. The number of nitrogens with two attached hydrogens (primary N) is 2. The number of benzene rings is 1. The van der Waals surface area contributed by atoms with Crippen molar-refractivity contribution in [1.82, 2.24) is 4.90 Å². The molecule has 1 aromatic carbocycles. The minimum atomic E-state index is -4.71. The van der Waals surface area contributed by atoms with Gasteiger partial charge in [0.05, 0.1) is 6.54 Å². The summed E-state index contributed by atoms with van der Waals surface area (Å²) in [5.41, 5.74) is 13.4. The van der Waals surface area contributed by atoms with E-state index in [0.29, 0.717) is 18.7 Å². The van der Waals surface area contributed by atoms with E-state index in [2.05, 4.69) is 14.7 Å². The van der Waals surface area contributed by atoms with Gasteiger partial charge in [-0.15, -0.1) is 13.2 Å². The minimum absolute atomic E-state index is 0.00710. The summed E-state index contributed by atoms with van der Waals surface area (Å²) in [6.45, 7) is 3.54. The first-order chi connectivity index (χ1) is 11.2. The van der Waals surface area contributed by atoms with Crippen LogP contribution < -0.4 is 16.2 Å². The third kappa shape index (κ3) is 5.49. The van der Waals surface area contributed by atoms with E-state index in [1.54, 1.807) is 0 Å². The van der Waals surface area contributed by atoms with Crippen LogP contribution in [0.1, 0.15) is 12.5 Å². The Morgan fingerprint density at radius 2 is 1.92 bits per heavy atom. The Bertz CT molecular complexity index is 665. The number of alkyl halides is 3. The monoisotopic (exact) mass is 341 g/mol. The Morgan fingerprint density at radius 1 is 1.25 bits per heavy atom. The molecule has 0 unspecified atom stereocenters. The summed E-state index contributed by atoms with van der Waals surface area (Å²) in [5, 5.41) is 0. The highest BCUT2D eigenvalue weighted by atomic mass is 19.4. The smallest absolute Gasteiger partial charge is 0.406 e. The molecule has 0 saturated heterocycles. The third-order valence-electron chi connectivity index (χ3n) is 3.23. The molecule has 4 N–H and O–H groups in total. The quantitative estimate of drug-likeness (QED) is 0.500. The second kappa shape index (κ2) is 7.24. The molecule has 1 aliphatic heterocycles. The number of ether oxygens (including phenoxy) is 1. The van der Waals surface area contributed by atoms with E-state index in [9.17, 15) is 13.2 Å². The maximum absolute atomic E-state index is 12.1. The van der Waals surface area contributed by atoms with Gasteiger partial charge >= 0.3 is 6.36 Å². The Hall–Kier alpha value is -2.71. The molecule has 0 bridgehead atoms. The lowest BCUT2D eigenvalue weighted by Crippen LogP contribution is -2.37. The predicted molar refractivity (Wildman–Crippen MR) is 85.4 cm³/mol. The highest BCUT2D eigenvalue weighted by Gasteiger charge is 2.30. The number of nitrogens with zero attached hydrogens (tertiary/aromatic N) is 3. The van der Waals surface area contributed by atoms with Crippen LogP contribution in [-0.2, 0) is 6.54 Å². The van der Waals surface area contributed by atoms with Gasteiger partial charge in [-0.05, 0) is 24.6 Å². The fourth-order valence-electron chi connectivity index (χ4n) is 2.06. The topological polar surface area (TPSA) is 89.2 Å². The van der Waals surface area contributed by atoms with Gasteiger partial charge in [-0.25, -0.2) is 4.99 Å². The lowest BCUT2D eigenvalue weighted by molar-refractivity contribution is -0.274. The van der Waals surface area contributed by atoms with Crippen molar-refractivity contribution in [1.29, 1.82) is 0 Å². The molecule has 0 aromatic heterocycles. The summed E-state index contributed by atoms with van der Waals surface area (Å²) in [7, 11) is 0. The van der Waals surface area contributed by atoms with E-state index in [4.69, 9.17) is 11.5 Å². The van der Waals surface area contributed by atoms with Crippen molar-refractivity contribution in [3.8, 4) is 5.75 Å². The van der Waals surface area contributed by atoms with Gasteiger partial charge in [-0.3, -0.25) is 0 Å². The maximum Gasteiger partial charge on any atom is 0.573 e. The zero-order valence-electron chi connectivity index (χ0n) is 13.0. The van der Waals surface area contributed by atoms with Crippen LogP contribution in [0.25, 0.3) is 0 Å². The highest BCUT2D eigenvalue weighted by Crippen LogP contribution is 2.22. The van der Waals surface area contributed by atoms with Crippen LogP contribution in [0.2, 0.25) is 0 Å². The van der Waals surface area contributed by atoms with Gasteiger partial charge in [-0.2, -0.15) is 4.99 Å². The molecule has 0 amide bonds. The number of aliphatic imine (C=N–C) groups is 2. The van der Waals surface area contributed by atoms with Crippen LogP contribution in [0, 0.1) is 0 Å². The summed E-state index contributed by atoms with van der Waals surface area (Å²) in [4.78, 5) is 9.91. The van der Waals surface area contributed by atoms with Crippen LogP contribution in [0.5, 0.6) is 5.75 Å². The van der Waals surface area contributed by atoms with Crippen molar-refractivity contribution in [3.63, 3.8) is 0 Å². The van der Waals surface area contributed by atoms with E-state index in [1.807, 2.05) is 17.9 Å². The largest absolute Gasteiger partial charge is 0.573 e. The lowest BCUT2D eigenvalue weighted by atomic mass is 10.2. The summed E-state index contributed by atoms with van der Waals surface area (Å²) < 4.78 is 40.0. The average molecular weight is 341 g/mol. The normalized spacial score (nSPS) is 16.3. The molecule has 0 fully saturated rings. The molecule has 0 radical (unpaired) electrons. The van der Waals surface area contributed by atoms with Crippen molar-refractivity contribution in [2.75, 3.05) is 13.1 Å². The molecule has 24 heavy (non-hydrogen) atoms. The maximum atomic E-state index is 12.1. The van der Waals surface area contributed by atoms with Crippen molar-refractivity contribution >= 4 is 11.9 Å². The standard InChI is InChI=1S/C15H18F3N5O/c1-10-6-7-23(9-10)14(20)22-13(19)21-8-11-2-4-12(5-3-11)24-15(16,17)18/h2-6H,7-9H2,1H3,(H4,19,20,21,22). The zero-order valence-corrected chi connectivity index (χ0v) is 13.0. The molecule has 0 saturated carbocycles. The number of hydrogen-bond acceptors (Lipinski definition) is 2. The fourth-order valence-corrected chi connectivity index (χ4v) is 2.06. The van der Waals surface area contributed by atoms with Gasteiger partial charge in [-0.1, -0.05) is 23.8 Å². The van der Waals surface area contributed by atoms with E-state index in [0.717, 1.165) is 0 Å². The van der Waals surface area contributed by atoms with Crippen molar-refractivity contribution < 1.29 is 17.9 Å². The summed E-state index contributed by atoms with van der Waals surface area (Å²) in [6, 6.07) is 5.37. The van der Waals surface area contributed by atoms with E-state index in [-0.39, 0.29) is 24.2 Å². The van der Waals surface area contributed by atoms with Crippen LogP contribution in [0.15, 0.2) is 45.9 Å². The summed E-state index contributed by atoms with van der Waals surface area (Å²) in [5.74, 6) is -0.00619. The number of hydrogen-bond donors (Lipinski definition) is 2. The molecular weight excluding hydrogens is 323 g/mol. The summed E-state index contributed by atoms with van der Waals surface area (Å²) >= 11 is 0. The minimum Gasteiger partial charge on any atom is -0.406 e. The first-order valence-corrected chi connectivity index (χ1v) is 7.12. The molecule has 1 heterocycles. The van der Waals surface area contributed by atoms with Crippen molar-refractivity contribution in [2.24, 2.45) is 21.5 Å². The predicted octanol–water partition coefficient (Wildman–Crippen LogP) is 1.98. The third-order valence-corrected chi connectivity index (χ3v) is 3.23. The molecule has 1 aromatic rings. The van der Waals surface area contributed by atoms with Crippen LogP contribution in [-0.4, -0.2) is 36.3 Å². The molecule has 1 aliphatic rings. The van der Waals surface area contributed by atoms with E-state index in [1.165, 1.54) is 29.8 Å². The molecular formula is C15H18F3N5O.